The van der Waals surface area contributed by atoms with Crippen molar-refractivity contribution in [1.29, 1.82) is 0 Å². The number of nitro groups is 1. The van der Waals surface area contributed by atoms with Gasteiger partial charge in [0.05, 0.1) is 18.1 Å². The highest BCUT2D eigenvalue weighted by atomic mass is 127. The second kappa shape index (κ2) is 11.4. The number of aliphatic imine (C=N–C) groups is 1. The van der Waals surface area contributed by atoms with Crippen molar-refractivity contribution in [3.05, 3.63) is 34.4 Å². The smallest absolute Gasteiger partial charge is 0.292 e. The molecule has 2 aliphatic rings. The molecule has 0 amide bonds. The minimum atomic E-state index is -0.370. The zero-order valence-electron chi connectivity index (χ0n) is 16.2. The average molecular weight is 504 g/mol. The quantitative estimate of drug-likeness (QED) is 0.152. The number of morpholine rings is 1. The van der Waals surface area contributed by atoms with Gasteiger partial charge in [-0.25, -0.2) is 0 Å². The number of hydrogen-bond acceptors (Lipinski definition) is 6. The summed E-state index contributed by atoms with van der Waals surface area (Å²) in [5.41, 5.74) is 0.627. The summed E-state index contributed by atoms with van der Waals surface area (Å²) in [6.45, 7) is 6.81. The third-order valence-corrected chi connectivity index (χ3v) is 5.06. The van der Waals surface area contributed by atoms with Gasteiger partial charge in [-0.2, -0.15) is 0 Å². The Hall–Kier alpha value is -1.66. The zero-order chi connectivity index (χ0) is 19.1. The van der Waals surface area contributed by atoms with E-state index in [0.29, 0.717) is 24.8 Å². The summed E-state index contributed by atoms with van der Waals surface area (Å²) in [5.74, 6) is 0.884. The van der Waals surface area contributed by atoms with E-state index in [1.165, 1.54) is 6.07 Å². The highest BCUT2D eigenvalue weighted by Crippen LogP contribution is 2.22. The molecule has 9 nitrogen and oxygen atoms in total. The summed E-state index contributed by atoms with van der Waals surface area (Å²) in [4.78, 5) is 19.9. The molecular weight excluding hydrogens is 475 g/mol. The number of likely N-dealkylation sites (tertiary alicyclic amines) is 1. The van der Waals surface area contributed by atoms with Crippen molar-refractivity contribution in [2.75, 3.05) is 64.8 Å². The van der Waals surface area contributed by atoms with E-state index in [1.807, 2.05) is 0 Å². The van der Waals surface area contributed by atoms with E-state index in [9.17, 15) is 10.1 Å². The Morgan fingerprint density at radius 1 is 1.29 bits per heavy atom. The van der Waals surface area contributed by atoms with Gasteiger partial charge in [-0.15, -0.1) is 24.0 Å². The van der Waals surface area contributed by atoms with Gasteiger partial charge in [0.15, 0.2) is 5.96 Å². The van der Waals surface area contributed by atoms with Crippen LogP contribution in [0.2, 0.25) is 0 Å². The number of rotatable bonds is 6. The molecule has 0 bridgehead atoms. The molecule has 0 aliphatic carbocycles. The first-order chi connectivity index (χ1) is 13.2. The third-order valence-electron chi connectivity index (χ3n) is 5.06. The summed E-state index contributed by atoms with van der Waals surface area (Å²) in [6, 6.07) is 7.24. The minimum Gasteiger partial charge on any atom is -0.379 e. The molecule has 1 aromatic carbocycles. The Bertz CT molecular complexity index is 668. The molecule has 2 fully saturated rings. The predicted molar refractivity (Wildman–Crippen MR) is 121 cm³/mol. The molecule has 2 aliphatic heterocycles. The molecule has 10 heteroatoms. The number of para-hydroxylation sites is 2. The van der Waals surface area contributed by atoms with Gasteiger partial charge in [0.1, 0.15) is 5.69 Å². The summed E-state index contributed by atoms with van der Waals surface area (Å²) in [7, 11) is 1.79. The van der Waals surface area contributed by atoms with E-state index >= 15 is 0 Å². The van der Waals surface area contributed by atoms with E-state index < -0.39 is 0 Å². The molecule has 2 heterocycles. The van der Waals surface area contributed by atoms with Crippen molar-refractivity contribution < 1.29 is 9.66 Å². The Morgan fingerprint density at radius 2 is 2.04 bits per heavy atom. The van der Waals surface area contributed by atoms with Crippen LogP contribution >= 0.6 is 24.0 Å². The lowest BCUT2D eigenvalue weighted by Crippen LogP contribution is -2.47. The van der Waals surface area contributed by atoms with Crippen LogP contribution in [0.25, 0.3) is 0 Å². The predicted octanol–water partition coefficient (Wildman–Crippen LogP) is 1.61. The van der Waals surface area contributed by atoms with Crippen molar-refractivity contribution in [3.8, 4) is 0 Å². The Labute approximate surface area is 182 Å². The SMILES string of the molecule is CN=C(NCCNc1ccccc1[N+](=O)[O-])N1CCC(N2CCOCC2)C1.I. The van der Waals surface area contributed by atoms with Crippen molar-refractivity contribution in [2.45, 2.75) is 12.5 Å². The fourth-order valence-electron chi connectivity index (χ4n) is 3.66. The van der Waals surface area contributed by atoms with E-state index in [1.54, 1.807) is 25.2 Å². The number of hydrogen-bond donors (Lipinski definition) is 2. The lowest BCUT2D eigenvalue weighted by atomic mass is 10.2. The van der Waals surface area contributed by atoms with E-state index in [2.05, 4.69) is 25.4 Å². The van der Waals surface area contributed by atoms with Crippen LogP contribution in [-0.4, -0.2) is 86.3 Å². The number of benzene rings is 1. The molecule has 0 aromatic heterocycles. The summed E-state index contributed by atoms with van der Waals surface area (Å²) in [5, 5.41) is 17.5. The molecule has 1 atom stereocenters. The summed E-state index contributed by atoms with van der Waals surface area (Å²) < 4.78 is 5.44. The van der Waals surface area contributed by atoms with Crippen LogP contribution in [-0.2, 0) is 4.74 Å². The minimum absolute atomic E-state index is 0. The Kier molecular flexibility index (Phi) is 9.19. The van der Waals surface area contributed by atoms with E-state index in [4.69, 9.17) is 4.74 Å². The van der Waals surface area contributed by atoms with Gasteiger partial charge in [0.25, 0.3) is 5.69 Å². The van der Waals surface area contributed by atoms with Crippen LogP contribution < -0.4 is 10.6 Å². The largest absolute Gasteiger partial charge is 0.379 e. The van der Waals surface area contributed by atoms with Gasteiger partial charge in [0.2, 0.25) is 0 Å². The normalized spacial score (nSPS) is 20.5. The van der Waals surface area contributed by atoms with Gasteiger partial charge in [-0.3, -0.25) is 20.0 Å². The van der Waals surface area contributed by atoms with Crippen LogP contribution in [0.5, 0.6) is 0 Å². The van der Waals surface area contributed by atoms with E-state index in [-0.39, 0.29) is 34.6 Å². The molecule has 2 N–H and O–H groups in total. The second-order valence-electron chi connectivity index (χ2n) is 6.71. The highest BCUT2D eigenvalue weighted by Gasteiger charge is 2.30. The molecule has 1 unspecified atom stereocenters. The maximum absolute atomic E-state index is 11.1. The molecule has 1 aromatic rings. The van der Waals surface area contributed by atoms with Crippen LogP contribution in [0.15, 0.2) is 29.3 Å². The number of anilines is 1. The van der Waals surface area contributed by atoms with Crippen molar-refractivity contribution in [3.63, 3.8) is 0 Å². The lowest BCUT2D eigenvalue weighted by Gasteiger charge is -2.32. The molecule has 0 spiro atoms. The fourth-order valence-corrected chi connectivity index (χ4v) is 3.66. The molecule has 0 radical (unpaired) electrons. The topological polar surface area (TPSA) is 95.3 Å². The Balaban J connectivity index is 0.00000280. The van der Waals surface area contributed by atoms with Crippen LogP contribution in [0.3, 0.4) is 0 Å². The Morgan fingerprint density at radius 3 is 2.75 bits per heavy atom. The monoisotopic (exact) mass is 504 g/mol. The zero-order valence-corrected chi connectivity index (χ0v) is 18.5. The van der Waals surface area contributed by atoms with Crippen molar-refractivity contribution in [2.24, 2.45) is 4.99 Å². The van der Waals surface area contributed by atoms with Gasteiger partial charge in [-0.1, -0.05) is 12.1 Å². The average Bonchev–Trinajstić information content (AvgIpc) is 3.19. The maximum atomic E-state index is 11.1. The van der Waals surface area contributed by atoms with Crippen LogP contribution in [0, 0.1) is 10.1 Å². The number of nitrogens with one attached hydrogen (secondary N) is 2. The third kappa shape index (κ3) is 5.92. The van der Waals surface area contributed by atoms with Gasteiger partial charge < -0.3 is 20.3 Å². The number of guanidine groups is 1. The van der Waals surface area contributed by atoms with Gasteiger partial charge >= 0.3 is 0 Å². The van der Waals surface area contributed by atoms with Crippen molar-refractivity contribution >= 4 is 41.3 Å². The molecule has 0 saturated carbocycles. The molecule has 3 rings (SSSR count). The molecule has 2 saturated heterocycles. The van der Waals surface area contributed by atoms with E-state index in [0.717, 1.165) is 51.8 Å². The highest BCUT2D eigenvalue weighted by molar-refractivity contribution is 14.0. The van der Waals surface area contributed by atoms with Crippen LogP contribution in [0.4, 0.5) is 11.4 Å². The van der Waals surface area contributed by atoms with Crippen LogP contribution in [0.1, 0.15) is 6.42 Å². The molecule has 156 valence electrons. The van der Waals surface area contributed by atoms with Gasteiger partial charge in [0, 0.05) is 58.4 Å². The standard InChI is InChI=1S/C18H28N6O3.HI/c1-19-18(23-9-6-15(14-23)22-10-12-27-13-11-22)21-8-7-20-16-4-2-3-5-17(16)24(25)26;/h2-5,15,20H,6-14H2,1H3,(H,19,21);1H. The fraction of sp³-hybridized carbons (Fsp3) is 0.611. The number of nitro benzene ring substituents is 1. The van der Waals surface area contributed by atoms with Crippen molar-refractivity contribution in [1.82, 2.24) is 15.1 Å². The second-order valence-corrected chi connectivity index (χ2v) is 6.71. The number of ether oxygens (including phenoxy) is 1. The molecule has 28 heavy (non-hydrogen) atoms. The number of halogens is 1. The lowest BCUT2D eigenvalue weighted by molar-refractivity contribution is -0.384. The van der Waals surface area contributed by atoms with Gasteiger partial charge in [-0.05, 0) is 12.5 Å². The first-order valence-electron chi connectivity index (χ1n) is 9.43. The summed E-state index contributed by atoms with van der Waals surface area (Å²) >= 11 is 0. The summed E-state index contributed by atoms with van der Waals surface area (Å²) in [6.07, 6.45) is 1.13. The first-order valence-corrected chi connectivity index (χ1v) is 9.43. The first kappa shape index (κ1) is 22.6. The maximum Gasteiger partial charge on any atom is 0.292 e. The number of nitrogens with zero attached hydrogens (tertiary/aromatic N) is 4. The molecular formula is C18H29IN6O3.